The van der Waals surface area contributed by atoms with Gasteiger partial charge in [-0.2, -0.15) is 0 Å². The van der Waals surface area contributed by atoms with Crippen molar-refractivity contribution in [2.24, 2.45) is 17.8 Å². The van der Waals surface area contributed by atoms with Crippen LogP contribution in [-0.4, -0.2) is 23.0 Å². The molecule has 1 saturated carbocycles. The van der Waals surface area contributed by atoms with Gasteiger partial charge in [0.1, 0.15) is 7.85 Å². The predicted octanol–water partition coefficient (Wildman–Crippen LogP) is 1.50. The Bertz CT molecular complexity index is 160. The summed E-state index contributed by atoms with van der Waals surface area (Å²) in [5.74, 6) is 2.74. The highest BCUT2D eigenvalue weighted by Crippen LogP contribution is 2.54. The molecule has 1 rings (SSSR count). The highest BCUT2D eigenvalue weighted by atomic mass is 127. The predicted molar refractivity (Wildman–Crippen MR) is 63.6 cm³/mol. The Kier molecular flexibility index (Phi) is 3.15. The second-order valence-corrected chi connectivity index (χ2v) is 6.39. The Morgan fingerprint density at radius 3 is 2.00 bits per heavy atom. The minimum Gasteiger partial charge on any atom is -0.395 e. The van der Waals surface area contributed by atoms with Crippen LogP contribution in [0.4, 0.5) is 0 Å². The average molecular weight is 280 g/mol. The lowest BCUT2D eigenvalue weighted by atomic mass is 9.74. The fourth-order valence-corrected chi connectivity index (χ4v) is 3.62. The van der Waals surface area contributed by atoms with Crippen LogP contribution in [0.25, 0.3) is 0 Å². The van der Waals surface area contributed by atoms with Gasteiger partial charge in [0.05, 0.1) is 10.0 Å². The monoisotopic (exact) mass is 280 g/mol. The normalized spacial score (nSPS) is 54.4. The first kappa shape index (κ1) is 10.8. The molecule has 0 bridgehead atoms. The van der Waals surface area contributed by atoms with Crippen molar-refractivity contribution in [2.45, 2.75) is 30.0 Å². The molecule has 0 heterocycles. The van der Waals surface area contributed by atoms with Gasteiger partial charge >= 0.3 is 0 Å². The van der Waals surface area contributed by atoms with E-state index in [4.69, 9.17) is 0 Å². The van der Waals surface area contributed by atoms with Gasteiger partial charge in [0.25, 0.3) is 0 Å². The standard InChI is InChI=1S/C9H18BIO/c1-5-6(2)9(11,4-12)7(3)8(5)10/h5-8,12H,4,10H2,1-3H3/t5-,6+,7-,8+,9?/m1/s1. The minimum atomic E-state index is 0.122. The summed E-state index contributed by atoms with van der Waals surface area (Å²) < 4.78 is 0.122. The second-order valence-electron chi connectivity index (χ2n) is 4.38. The van der Waals surface area contributed by atoms with E-state index < -0.39 is 0 Å². The van der Waals surface area contributed by atoms with Crippen molar-refractivity contribution in [3.63, 3.8) is 0 Å². The van der Waals surface area contributed by atoms with Gasteiger partial charge in [-0.15, -0.1) is 0 Å². The van der Waals surface area contributed by atoms with Gasteiger partial charge in [0.15, 0.2) is 0 Å². The molecule has 70 valence electrons. The lowest BCUT2D eigenvalue weighted by Crippen LogP contribution is -2.35. The Morgan fingerprint density at radius 2 is 1.83 bits per heavy atom. The maximum absolute atomic E-state index is 9.39. The molecule has 5 atom stereocenters. The number of halogens is 1. The van der Waals surface area contributed by atoms with E-state index in [-0.39, 0.29) is 3.42 Å². The molecule has 1 aliphatic rings. The van der Waals surface area contributed by atoms with Crippen LogP contribution in [0.5, 0.6) is 0 Å². The van der Waals surface area contributed by atoms with Crippen molar-refractivity contribution in [1.29, 1.82) is 0 Å². The molecule has 0 aromatic heterocycles. The third-order valence-electron chi connectivity index (χ3n) is 4.16. The van der Waals surface area contributed by atoms with Gasteiger partial charge in [-0.1, -0.05) is 49.2 Å². The Hall–Kier alpha value is 0.755. The average Bonchev–Trinajstić information content (AvgIpc) is 2.22. The molecule has 0 aliphatic heterocycles. The number of hydrogen-bond donors (Lipinski definition) is 1. The van der Waals surface area contributed by atoms with Crippen LogP contribution in [0.15, 0.2) is 0 Å². The van der Waals surface area contributed by atoms with Crippen LogP contribution >= 0.6 is 22.6 Å². The Balaban J connectivity index is 2.90. The Labute approximate surface area is 89.9 Å². The molecule has 3 heteroatoms. The van der Waals surface area contributed by atoms with E-state index >= 15 is 0 Å². The fourth-order valence-electron chi connectivity index (χ4n) is 2.49. The topological polar surface area (TPSA) is 20.2 Å². The van der Waals surface area contributed by atoms with E-state index in [1.165, 1.54) is 0 Å². The molecule has 0 amide bonds. The van der Waals surface area contributed by atoms with E-state index in [0.29, 0.717) is 18.4 Å². The largest absolute Gasteiger partial charge is 0.395 e. The Morgan fingerprint density at radius 1 is 1.33 bits per heavy atom. The van der Waals surface area contributed by atoms with E-state index in [0.717, 1.165) is 11.7 Å². The van der Waals surface area contributed by atoms with E-state index in [2.05, 4.69) is 51.2 Å². The van der Waals surface area contributed by atoms with Crippen molar-refractivity contribution in [3.05, 3.63) is 0 Å². The molecule has 1 unspecified atom stereocenters. The molecule has 0 aromatic rings. The van der Waals surface area contributed by atoms with Crippen LogP contribution in [-0.2, 0) is 0 Å². The third-order valence-corrected chi connectivity index (χ3v) is 6.47. The molecule has 12 heavy (non-hydrogen) atoms. The summed E-state index contributed by atoms with van der Waals surface area (Å²) in [5.41, 5.74) is 0. The van der Waals surface area contributed by atoms with Crippen LogP contribution in [0.1, 0.15) is 20.8 Å². The lowest BCUT2D eigenvalue weighted by Gasteiger charge is -2.30. The molecular formula is C9H18BIO. The summed E-state index contributed by atoms with van der Waals surface area (Å²) in [4.78, 5) is 0. The highest BCUT2D eigenvalue weighted by Gasteiger charge is 2.50. The van der Waals surface area contributed by atoms with Crippen LogP contribution in [0.3, 0.4) is 0 Å². The quantitative estimate of drug-likeness (QED) is 0.438. The lowest BCUT2D eigenvalue weighted by molar-refractivity contribution is 0.206. The number of rotatable bonds is 1. The van der Waals surface area contributed by atoms with Gasteiger partial charge < -0.3 is 5.11 Å². The molecular weight excluding hydrogens is 262 g/mol. The van der Waals surface area contributed by atoms with Gasteiger partial charge in [-0.05, 0) is 17.8 Å². The van der Waals surface area contributed by atoms with Gasteiger partial charge in [-0.25, -0.2) is 0 Å². The SMILES string of the molecule is B[C@H]1[C@H](C)[C@H](C)C(I)(CO)[C@@H]1C. The van der Waals surface area contributed by atoms with E-state index in [1.54, 1.807) is 0 Å². The third kappa shape index (κ3) is 1.33. The minimum absolute atomic E-state index is 0.122. The molecule has 1 fully saturated rings. The van der Waals surface area contributed by atoms with Crippen molar-refractivity contribution in [1.82, 2.24) is 0 Å². The number of aliphatic hydroxyl groups excluding tert-OH is 1. The zero-order valence-corrected chi connectivity index (χ0v) is 10.5. The van der Waals surface area contributed by atoms with Crippen LogP contribution in [0.2, 0.25) is 5.82 Å². The van der Waals surface area contributed by atoms with Crippen molar-refractivity contribution in [3.8, 4) is 0 Å². The van der Waals surface area contributed by atoms with Crippen molar-refractivity contribution in [2.75, 3.05) is 6.61 Å². The van der Waals surface area contributed by atoms with Crippen molar-refractivity contribution >= 4 is 30.4 Å². The second kappa shape index (κ2) is 3.48. The van der Waals surface area contributed by atoms with Gasteiger partial charge in [0.2, 0.25) is 0 Å². The zero-order chi connectivity index (χ0) is 9.52. The summed E-state index contributed by atoms with van der Waals surface area (Å²) in [7, 11) is 2.31. The van der Waals surface area contributed by atoms with Gasteiger partial charge in [0, 0.05) is 0 Å². The molecule has 1 N–H and O–H groups in total. The summed E-state index contributed by atoms with van der Waals surface area (Å²) in [6, 6.07) is 0. The van der Waals surface area contributed by atoms with Gasteiger partial charge in [-0.3, -0.25) is 0 Å². The van der Waals surface area contributed by atoms with E-state index in [9.17, 15) is 5.11 Å². The number of alkyl halides is 1. The summed E-state index contributed by atoms with van der Waals surface area (Å²) >= 11 is 2.46. The first-order valence-electron chi connectivity index (χ1n) is 4.75. The first-order chi connectivity index (χ1) is 5.45. The fraction of sp³-hybridized carbons (Fsp3) is 1.00. The van der Waals surface area contributed by atoms with Crippen molar-refractivity contribution < 1.29 is 5.11 Å². The number of hydrogen-bond acceptors (Lipinski definition) is 1. The van der Waals surface area contributed by atoms with Crippen LogP contribution < -0.4 is 0 Å². The summed E-state index contributed by atoms with van der Waals surface area (Å²) in [5, 5.41) is 9.39. The molecule has 0 radical (unpaired) electrons. The molecule has 0 aromatic carbocycles. The molecule has 0 spiro atoms. The smallest absolute Gasteiger partial charge is 0.106 e. The summed E-state index contributed by atoms with van der Waals surface area (Å²) in [6.45, 7) is 7.17. The zero-order valence-electron chi connectivity index (χ0n) is 8.34. The maximum atomic E-state index is 9.39. The molecule has 1 nitrogen and oxygen atoms in total. The molecule has 0 saturated heterocycles. The first-order valence-corrected chi connectivity index (χ1v) is 5.82. The maximum Gasteiger partial charge on any atom is 0.106 e. The van der Waals surface area contributed by atoms with E-state index in [1.807, 2.05) is 0 Å². The molecule has 1 aliphatic carbocycles. The summed E-state index contributed by atoms with van der Waals surface area (Å²) in [6.07, 6.45) is 0. The number of aliphatic hydroxyl groups is 1. The highest BCUT2D eigenvalue weighted by molar-refractivity contribution is 14.1. The van der Waals surface area contributed by atoms with Crippen LogP contribution in [0, 0.1) is 17.8 Å².